The molecule has 3 aliphatic rings. The number of carbonyl (C=O) groups excluding carboxylic acids is 1. The molecule has 7 nitrogen and oxygen atoms in total. The number of hydrogen-bond donors (Lipinski definition) is 0. The lowest BCUT2D eigenvalue weighted by molar-refractivity contribution is -0.384. The van der Waals surface area contributed by atoms with Crippen molar-refractivity contribution in [2.24, 2.45) is 0 Å². The summed E-state index contributed by atoms with van der Waals surface area (Å²) in [7, 11) is 0. The van der Waals surface area contributed by atoms with Crippen LogP contribution in [0.2, 0.25) is 0 Å². The molecular formula is C20H23N3O4S2. The van der Waals surface area contributed by atoms with Crippen molar-refractivity contribution in [1.29, 1.82) is 0 Å². The first-order valence-electron chi connectivity index (χ1n) is 9.93. The van der Waals surface area contributed by atoms with Gasteiger partial charge in [0, 0.05) is 42.5 Å². The number of benzene rings is 1. The molecule has 4 rings (SSSR count). The molecule has 2 heterocycles. The van der Waals surface area contributed by atoms with E-state index in [1.54, 1.807) is 17.0 Å². The Morgan fingerprint density at radius 2 is 1.93 bits per heavy atom. The van der Waals surface area contributed by atoms with Crippen molar-refractivity contribution < 1.29 is 14.5 Å². The number of anilines is 1. The van der Waals surface area contributed by atoms with Crippen LogP contribution in [0.1, 0.15) is 37.7 Å². The molecule has 1 amide bonds. The van der Waals surface area contributed by atoms with Gasteiger partial charge in [-0.15, -0.1) is 0 Å². The van der Waals surface area contributed by atoms with E-state index in [0.717, 1.165) is 31.4 Å². The molecule has 0 unspecified atom stereocenters. The predicted octanol–water partition coefficient (Wildman–Crippen LogP) is 3.97. The van der Waals surface area contributed by atoms with E-state index in [-0.39, 0.29) is 17.6 Å². The molecule has 3 fully saturated rings. The quantitative estimate of drug-likeness (QED) is 0.308. The summed E-state index contributed by atoms with van der Waals surface area (Å²) in [5, 5.41) is 11.3. The minimum Gasteiger partial charge on any atom is -0.378 e. The van der Waals surface area contributed by atoms with Gasteiger partial charge in [-0.3, -0.25) is 19.8 Å². The lowest BCUT2D eigenvalue weighted by Crippen LogP contribution is -2.39. The molecule has 0 aromatic heterocycles. The fraction of sp³-hybridized carbons (Fsp3) is 0.500. The molecular weight excluding hydrogens is 410 g/mol. The van der Waals surface area contributed by atoms with Crippen LogP contribution < -0.4 is 4.90 Å². The number of ether oxygens (including phenoxy) is 1. The first-order valence-corrected chi connectivity index (χ1v) is 11.2. The summed E-state index contributed by atoms with van der Waals surface area (Å²) in [5.41, 5.74) is 1.56. The van der Waals surface area contributed by atoms with E-state index in [4.69, 9.17) is 17.0 Å². The number of amides is 1. The van der Waals surface area contributed by atoms with Crippen LogP contribution in [0.25, 0.3) is 6.08 Å². The lowest BCUT2D eigenvalue weighted by atomic mass is 9.94. The number of thioether (sulfide) groups is 1. The Morgan fingerprint density at radius 1 is 1.21 bits per heavy atom. The number of nitro groups is 1. The maximum Gasteiger partial charge on any atom is 0.270 e. The van der Waals surface area contributed by atoms with Crippen molar-refractivity contribution in [2.45, 2.75) is 38.1 Å². The number of carbonyl (C=O) groups is 1. The lowest BCUT2D eigenvalue weighted by Gasteiger charge is -2.30. The monoisotopic (exact) mass is 433 g/mol. The number of nitrogens with zero attached hydrogens (tertiary/aromatic N) is 3. The topological polar surface area (TPSA) is 75.9 Å². The van der Waals surface area contributed by atoms with Gasteiger partial charge in [-0.2, -0.15) is 0 Å². The van der Waals surface area contributed by atoms with Gasteiger partial charge in [-0.1, -0.05) is 43.2 Å². The molecule has 9 heteroatoms. The van der Waals surface area contributed by atoms with Gasteiger partial charge in [0.15, 0.2) is 0 Å². The van der Waals surface area contributed by atoms with E-state index in [2.05, 4.69) is 4.90 Å². The molecule has 1 aromatic rings. The van der Waals surface area contributed by atoms with E-state index in [1.807, 2.05) is 0 Å². The zero-order valence-electron chi connectivity index (χ0n) is 16.0. The van der Waals surface area contributed by atoms with E-state index in [0.29, 0.717) is 41.1 Å². The number of nitro benzene ring substituents is 1. The zero-order chi connectivity index (χ0) is 20.4. The molecule has 2 aliphatic heterocycles. The fourth-order valence-electron chi connectivity index (χ4n) is 4.14. The average Bonchev–Trinajstić information content (AvgIpc) is 3.02. The summed E-state index contributed by atoms with van der Waals surface area (Å²) >= 11 is 6.80. The SMILES string of the molecule is O=C1C(=Cc2cc([N+](=O)[O-])ccc2N2CCOCC2)SC(=S)N1C1CCCCC1. The third kappa shape index (κ3) is 4.31. The number of morpholine rings is 1. The third-order valence-corrected chi connectivity index (χ3v) is 6.95. The molecule has 0 spiro atoms. The average molecular weight is 434 g/mol. The summed E-state index contributed by atoms with van der Waals surface area (Å²) in [4.78, 5) is 28.4. The van der Waals surface area contributed by atoms with Crippen LogP contribution in [-0.4, -0.2) is 52.4 Å². The molecule has 1 aliphatic carbocycles. The van der Waals surface area contributed by atoms with Crippen LogP contribution in [0.15, 0.2) is 23.1 Å². The second-order valence-electron chi connectivity index (χ2n) is 7.44. The van der Waals surface area contributed by atoms with Gasteiger partial charge < -0.3 is 9.64 Å². The Kier molecular flexibility index (Phi) is 6.17. The summed E-state index contributed by atoms with van der Waals surface area (Å²) in [6.07, 6.45) is 7.17. The van der Waals surface area contributed by atoms with Crippen LogP contribution >= 0.6 is 24.0 Å². The van der Waals surface area contributed by atoms with Crippen molar-refractivity contribution in [3.05, 3.63) is 38.8 Å². The highest BCUT2D eigenvalue weighted by Crippen LogP contribution is 2.39. The molecule has 1 aromatic carbocycles. The summed E-state index contributed by atoms with van der Waals surface area (Å²) in [6, 6.07) is 4.98. The molecule has 0 atom stereocenters. The van der Waals surface area contributed by atoms with E-state index in [1.165, 1.54) is 30.3 Å². The smallest absolute Gasteiger partial charge is 0.270 e. The van der Waals surface area contributed by atoms with E-state index in [9.17, 15) is 14.9 Å². The highest BCUT2D eigenvalue weighted by molar-refractivity contribution is 8.26. The van der Waals surface area contributed by atoms with Crippen molar-refractivity contribution in [3.63, 3.8) is 0 Å². The van der Waals surface area contributed by atoms with Crippen molar-refractivity contribution in [1.82, 2.24) is 4.90 Å². The van der Waals surface area contributed by atoms with Crippen molar-refractivity contribution in [3.8, 4) is 0 Å². The molecule has 1 saturated carbocycles. The van der Waals surface area contributed by atoms with Gasteiger partial charge in [0.2, 0.25) is 0 Å². The molecule has 0 bridgehead atoms. The van der Waals surface area contributed by atoms with Gasteiger partial charge in [-0.25, -0.2) is 0 Å². The summed E-state index contributed by atoms with van der Waals surface area (Å²) in [5.74, 6) is -0.0775. The van der Waals surface area contributed by atoms with Gasteiger partial charge in [-0.05, 0) is 25.0 Å². The highest BCUT2D eigenvalue weighted by atomic mass is 32.2. The maximum atomic E-state index is 13.1. The predicted molar refractivity (Wildman–Crippen MR) is 118 cm³/mol. The van der Waals surface area contributed by atoms with Crippen LogP contribution in [0, 0.1) is 10.1 Å². The molecule has 2 saturated heterocycles. The van der Waals surface area contributed by atoms with E-state index < -0.39 is 4.92 Å². The molecule has 0 N–H and O–H groups in total. The Balaban J connectivity index is 1.66. The number of rotatable bonds is 4. The zero-order valence-corrected chi connectivity index (χ0v) is 17.7. The van der Waals surface area contributed by atoms with E-state index >= 15 is 0 Å². The van der Waals surface area contributed by atoms with Crippen LogP contribution in [0.3, 0.4) is 0 Å². The summed E-state index contributed by atoms with van der Waals surface area (Å²) < 4.78 is 6.01. The van der Waals surface area contributed by atoms with Crippen LogP contribution in [0.4, 0.5) is 11.4 Å². The minimum absolute atomic E-state index is 0.0102. The van der Waals surface area contributed by atoms with Crippen molar-refractivity contribution in [2.75, 3.05) is 31.2 Å². The Labute approximate surface area is 179 Å². The normalized spacial score (nSPS) is 22.6. The largest absolute Gasteiger partial charge is 0.378 e. The second kappa shape index (κ2) is 8.81. The maximum absolute atomic E-state index is 13.1. The van der Waals surface area contributed by atoms with Gasteiger partial charge in [0.25, 0.3) is 11.6 Å². The summed E-state index contributed by atoms with van der Waals surface area (Å²) in [6.45, 7) is 2.64. The first kappa shape index (κ1) is 20.3. The standard InChI is InChI=1S/C20H23N3O4S2/c24-19-18(29-20(28)22(19)15-4-2-1-3-5-15)13-14-12-16(23(25)26)6-7-17(14)21-8-10-27-11-9-21/h6-7,12-13,15H,1-5,8-11H2. The van der Waals surface area contributed by atoms with Gasteiger partial charge >= 0.3 is 0 Å². The Bertz CT molecular complexity index is 861. The molecule has 0 radical (unpaired) electrons. The molecule has 154 valence electrons. The fourth-order valence-corrected chi connectivity index (χ4v) is 5.53. The van der Waals surface area contributed by atoms with Gasteiger partial charge in [0.1, 0.15) is 4.32 Å². The number of hydrogen-bond acceptors (Lipinski definition) is 7. The van der Waals surface area contributed by atoms with Crippen LogP contribution in [0.5, 0.6) is 0 Å². The highest BCUT2D eigenvalue weighted by Gasteiger charge is 2.37. The Hall–Kier alpha value is -1.97. The number of thiocarbonyl (C=S) groups is 1. The number of non-ortho nitro benzene ring substituents is 1. The van der Waals surface area contributed by atoms with Gasteiger partial charge in [0.05, 0.1) is 23.0 Å². The van der Waals surface area contributed by atoms with Crippen LogP contribution in [-0.2, 0) is 9.53 Å². The van der Waals surface area contributed by atoms with Crippen molar-refractivity contribution >= 4 is 51.7 Å². The second-order valence-corrected chi connectivity index (χ2v) is 9.12. The Morgan fingerprint density at radius 3 is 2.62 bits per heavy atom. The first-order chi connectivity index (χ1) is 14.0. The molecule has 29 heavy (non-hydrogen) atoms. The third-order valence-electron chi connectivity index (χ3n) is 5.62. The minimum atomic E-state index is -0.409.